The summed E-state index contributed by atoms with van der Waals surface area (Å²) in [5.41, 5.74) is 0.571. The molecule has 0 aromatic carbocycles. The van der Waals surface area contributed by atoms with E-state index in [9.17, 15) is 14.4 Å². The van der Waals surface area contributed by atoms with Gasteiger partial charge in [0.25, 0.3) is 5.91 Å². The lowest BCUT2D eigenvalue weighted by Crippen LogP contribution is -2.52. The largest absolute Gasteiger partial charge is 0.472 e. The SMILES string of the molecule is O=C(CN1CCN(C(=O)c2ccoc2)CC1)N1CCC(C(=O)N2CCCCCC2)CC1. The summed E-state index contributed by atoms with van der Waals surface area (Å²) in [5.74, 6) is 0.484. The van der Waals surface area contributed by atoms with Crippen molar-refractivity contribution in [3.8, 4) is 0 Å². The smallest absolute Gasteiger partial charge is 0.257 e. The number of carbonyl (C=O) groups excluding carboxylic acids is 3. The van der Waals surface area contributed by atoms with Gasteiger partial charge in [-0.25, -0.2) is 0 Å². The molecule has 3 aliphatic heterocycles. The number of piperidine rings is 1. The van der Waals surface area contributed by atoms with Crippen LogP contribution in [0.15, 0.2) is 23.0 Å². The number of nitrogens with zero attached hydrogens (tertiary/aromatic N) is 4. The highest BCUT2D eigenvalue weighted by atomic mass is 16.3. The Morgan fingerprint density at radius 3 is 2.10 bits per heavy atom. The molecular weight excluding hydrogens is 396 g/mol. The van der Waals surface area contributed by atoms with Gasteiger partial charge < -0.3 is 19.1 Å². The molecule has 4 rings (SSSR count). The van der Waals surface area contributed by atoms with Crippen molar-refractivity contribution in [3.05, 3.63) is 24.2 Å². The van der Waals surface area contributed by atoms with Crippen LogP contribution in [0.2, 0.25) is 0 Å². The molecule has 31 heavy (non-hydrogen) atoms. The summed E-state index contributed by atoms with van der Waals surface area (Å²) in [6, 6.07) is 1.68. The van der Waals surface area contributed by atoms with E-state index in [0.717, 1.165) is 38.8 Å². The zero-order valence-corrected chi connectivity index (χ0v) is 18.3. The fourth-order valence-electron chi connectivity index (χ4n) is 4.89. The Morgan fingerprint density at radius 2 is 1.48 bits per heavy atom. The summed E-state index contributed by atoms with van der Waals surface area (Å²) in [4.78, 5) is 45.9. The Balaban J connectivity index is 1.18. The van der Waals surface area contributed by atoms with Crippen molar-refractivity contribution in [1.29, 1.82) is 0 Å². The number of hydrogen-bond donors (Lipinski definition) is 0. The van der Waals surface area contributed by atoms with Crippen molar-refractivity contribution in [1.82, 2.24) is 19.6 Å². The molecule has 3 fully saturated rings. The minimum Gasteiger partial charge on any atom is -0.472 e. The van der Waals surface area contributed by atoms with Crippen molar-refractivity contribution in [2.75, 3.05) is 58.9 Å². The Labute approximate surface area is 184 Å². The van der Waals surface area contributed by atoms with E-state index in [1.165, 1.54) is 25.4 Å². The summed E-state index contributed by atoms with van der Waals surface area (Å²) in [5, 5.41) is 0. The summed E-state index contributed by atoms with van der Waals surface area (Å²) in [6.07, 6.45) is 9.20. The first kappa shape index (κ1) is 21.9. The number of rotatable bonds is 4. The molecule has 8 nitrogen and oxygen atoms in total. The van der Waals surface area contributed by atoms with Crippen LogP contribution in [0.3, 0.4) is 0 Å². The number of furan rings is 1. The van der Waals surface area contributed by atoms with Crippen molar-refractivity contribution >= 4 is 17.7 Å². The van der Waals surface area contributed by atoms with E-state index in [-0.39, 0.29) is 17.7 Å². The van der Waals surface area contributed by atoms with Crippen LogP contribution in [0.1, 0.15) is 48.9 Å². The van der Waals surface area contributed by atoms with Crippen LogP contribution < -0.4 is 0 Å². The number of likely N-dealkylation sites (tertiary alicyclic amines) is 2. The van der Waals surface area contributed by atoms with Gasteiger partial charge in [0.2, 0.25) is 11.8 Å². The molecule has 0 bridgehead atoms. The van der Waals surface area contributed by atoms with Gasteiger partial charge in [-0.1, -0.05) is 12.8 Å². The highest BCUT2D eigenvalue weighted by molar-refractivity contribution is 5.93. The molecule has 4 heterocycles. The van der Waals surface area contributed by atoms with Gasteiger partial charge in [0.15, 0.2) is 0 Å². The second-order valence-corrected chi connectivity index (χ2v) is 8.97. The molecule has 3 amide bonds. The fourth-order valence-corrected chi connectivity index (χ4v) is 4.89. The Bertz CT molecular complexity index is 742. The van der Waals surface area contributed by atoms with Crippen LogP contribution >= 0.6 is 0 Å². The molecule has 0 atom stereocenters. The molecule has 1 aromatic heterocycles. The van der Waals surface area contributed by atoms with Crippen molar-refractivity contribution in [2.45, 2.75) is 38.5 Å². The van der Waals surface area contributed by atoms with Crippen LogP contribution in [0.25, 0.3) is 0 Å². The van der Waals surface area contributed by atoms with Crippen LogP contribution in [-0.4, -0.2) is 96.2 Å². The number of carbonyl (C=O) groups is 3. The quantitative estimate of drug-likeness (QED) is 0.726. The molecule has 8 heteroatoms. The van der Waals surface area contributed by atoms with Gasteiger partial charge >= 0.3 is 0 Å². The summed E-state index contributed by atoms with van der Waals surface area (Å²) < 4.78 is 5.00. The van der Waals surface area contributed by atoms with E-state index in [4.69, 9.17) is 4.42 Å². The van der Waals surface area contributed by atoms with E-state index in [2.05, 4.69) is 9.80 Å². The summed E-state index contributed by atoms with van der Waals surface area (Å²) in [7, 11) is 0. The standard InChI is InChI=1S/C23H34N4O4/c28-21(17-24-12-14-27(15-13-24)23(30)20-7-16-31-18-20)25-10-5-19(6-11-25)22(29)26-8-3-1-2-4-9-26/h7,16,18-19H,1-6,8-15,17H2. The monoisotopic (exact) mass is 430 g/mol. The molecular formula is C23H34N4O4. The van der Waals surface area contributed by atoms with Gasteiger partial charge in [0.05, 0.1) is 18.4 Å². The average Bonchev–Trinajstić information content (AvgIpc) is 3.21. The topological polar surface area (TPSA) is 77.3 Å². The Hall–Kier alpha value is -2.35. The lowest BCUT2D eigenvalue weighted by Gasteiger charge is -2.37. The zero-order valence-electron chi connectivity index (χ0n) is 18.3. The third-order valence-corrected chi connectivity index (χ3v) is 6.90. The van der Waals surface area contributed by atoms with E-state index < -0.39 is 0 Å². The van der Waals surface area contributed by atoms with Gasteiger partial charge in [-0.2, -0.15) is 0 Å². The molecule has 1 aromatic rings. The van der Waals surface area contributed by atoms with E-state index in [1.54, 1.807) is 6.07 Å². The van der Waals surface area contributed by atoms with Crippen molar-refractivity contribution < 1.29 is 18.8 Å². The van der Waals surface area contributed by atoms with E-state index >= 15 is 0 Å². The van der Waals surface area contributed by atoms with Crippen molar-refractivity contribution in [3.63, 3.8) is 0 Å². The number of amides is 3. The van der Waals surface area contributed by atoms with E-state index in [0.29, 0.717) is 57.3 Å². The number of hydrogen-bond acceptors (Lipinski definition) is 5. The van der Waals surface area contributed by atoms with Crippen molar-refractivity contribution in [2.24, 2.45) is 5.92 Å². The molecule has 170 valence electrons. The Kier molecular flexibility index (Phi) is 7.27. The van der Waals surface area contributed by atoms with Gasteiger partial charge in [0.1, 0.15) is 6.26 Å². The summed E-state index contributed by atoms with van der Waals surface area (Å²) >= 11 is 0. The normalized spacial score (nSPS) is 21.7. The zero-order chi connectivity index (χ0) is 21.6. The second-order valence-electron chi connectivity index (χ2n) is 8.97. The highest BCUT2D eigenvalue weighted by Gasteiger charge is 2.31. The third-order valence-electron chi connectivity index (χ3n) is 6.90. The maximum absolute atomic E-state index is 12.8. The van der Waals surface area contributed by atoms with Gasteiger partial charge in [-0.15, -0.1) is 0 Å². The van der Waals surface area contributed by atoms with Crippen LogP contribution in [0.4, 0.5) is 0 Å². The molecule has 0 spiro atoms. The maximum atomic E-state index is 12.8. The molecule has 0 N–H and O–H groups in total. The van der Waals surface area contributed by atoms with Gasteiger partial charge in [-0.05, 0) is 31.7 Å². The first-order chi connectivity index (χ1) is 15.1. The lowest BCUT2D eigenvalue weighted by atomic mass is 9.95. The van der Waals surface area contributed by atoms with Gasteiger partial charge in [-0.3, -0.25) is 19.3 Å². The third kappa shape index (κ3) is 5.47. The molecule has 0 saturated carbocycles. The molecule has 3 saturated heterocycles. The van der Waals surface area contributed by atoms with Gasteiger partial charge in [0, 0.05) is 58.3 Å². The average molecular weight is 431 g/mol. The second kappa shape index (κ2) is 10.3. The maximum Gasteiger partial charge on any atom is 0.257 e. The van der Waals surface area contributed by atoms with Crippen LogP contribution in [-0.2, 0) is 9.59 Å². The fraction of sp³-hybridized carbons (Fsp3) is 0.696. The molecule has 0 radical (unpaired) electrons. The lowest BCUT2D eigenvalue weighted by molar-refractivity contribution is -0.141. The molecule has 0 unspecified atom stereocenters. The minimum absolute atomic E-state index is 0.0177. The predicted octanol–water partition coefficient (Wildman–Crippen LogP) is 1.68. The highest BCUT2D eigenvalue weighted by Crippen LogP contribution is 2.22. The molecule has 0 aliphatic carbocycles. The summed E-state index contributed by atoms with van der Waals surface area (Å²) in [6.45, 7) is 6.13. The molecule has 3 aliphatic rings. The van der Waals surface area contributed by atoms with Crippen LogP contribution in [0.5, 0.6) is 0 Å². The first-order valence-corrected chi connectivity index (χ1v) is 11.7. The minimum atomic E-state index is -0.0177. The predicted molar refractivity (Wildman–Crippen MR) is 115 cm³/mol. The Morgan fingerprint density at radius 1 is 0.806 bits per heavy atom. The number of piperazine rings is 1. The first-order valence-electron chi connectivity index (χ1n) is 11.7. The van der Waals surface area contributed by atoms with E-state index in [1.807, 2.05) is 9.80 Å². The van der Waals surface area contributed by atoms with Crippen LogP contribution in [0, 0.1) is 5.92 Å².